The fourth-order valence-corrected chi connectivity index (χ4v) is 3.52. The van der Waals surface area contributed by atoms with E-state index in [4.69, 9.17) is 0 Å². The maximum absolute atomic E-state index is 12.9. The molecule has 0 bridgehead atoms. The van der Waals surface area contributed by atoms with E-state index in [1.165, 1.54) is 17.0 Å². The first-order valence-electron chi connectivity index (χ1n) is 8.59. The molecule has 2 aliphatic rings. The van der Waals surface area contributed by atoms with Crippen molar-refractivity contribution < 1.29 is 24.3 Å². The highest BCUT2D eigenvalue weighted by atomic mass is 16.4. The van der Waals surface area contributed by atoms with Crippen molar-refractivity contribution in [2.45, 2.75) is 43.8 Å². The van der Waals surface area contributed by atoms with Crippen molar-refractivity contribution >= 4 is 23.6 Å². The smallest absolute Gasteiger partial charge is 0.326 e. The Morgan fingerprint density at radius 2 is 1.73 bits per heavy atom. The van der Waals surface area contributed by atoms with Gasteiger partial charge in [0.1, 0.15) is 12.1 Å². The summed E-state index contributed by atoms with van der Waals surface area (Å²) in [7, 11) is 0. The van der Waals surface area contributed by atoms with Gasteiger partial charge in [0.05, 0.1) is 0 Å². The van der Waals surface area contributed by atoms with E-state index >= 15 is 0 Å². The van der Waals surface area contributed by atoms with Gasteiger partial charge >= 0.3 is 5.97 Å². The summed E-state index contributed by atoms with van der Waals surface area (Å²) >= 11 is 0. The van der Waals surface area contributed by atoms with Crippen molar-refractivity contribution in [3.05, 3.63) is 48.0 Å². The fourth-order valence-electron chi connectivity index (χ4n) is 3.52. The Morgan fingerprint density at radius 1 is 1.04 bits per heavy atom. The number of hydrogen-bond acceptors (Lipinski definition) is 4. The number of Topliss-reactive ketones (excluding diaryl/α,β-unsaturated/α-hetero) is 1. The molecule has 0 saturated carbocycles. The number of carbonyl (C=O) groups excluding carboxylic acids is 3. The number of carbonyl (C=O) groups is 4. The molecule has 0 spiro atoms. The van der Waals surface area contributed by atoms with E-state index in [0.29, 0.717) is 19.3 Å². The number of fused-ring (bicyclic) bond motifs is 1. The number of nitrogens with one attached hydrogen (secondary N) is 1. The molecule has 0 aromatic heterocycles. The van der Waals surface area contributed by atoms with Crippen molar-refractivity contribution in [3.63, 3.8) is 0 Å². The van der Waals surface area contributed by atoms with Crippen molar-refractivity contribution in [3.8, 4) is 0 Å². The third kappa shape index (κ3) is 3.51. The monoisotopic (exact) mass is 356 g/mol. The second-order valence-corrected chi connectivity index (χ2v) is 6.49. The Hall–Kier alpha value is -2.96. The highest BCUT2D eigenvalue weighted by molar-refractivity contribution is 6.43. The topological polar surface area (TPSA) is 104 Å². The molecule has 26 heavy (non-hydrogen) atoms. The Morgan fingerprint density at radius 3 is 2.42 bits per heavy atom. The molecule has 3 rings (SSSR count). The number of nitrogens with zero attached hydrogens (tertiary/aromatic N) is 1. The predicted octanol–water partition coefficient (Wildman–Crippen LogP) is 1.15. The maximum atomic E-state index is 12.9. The summed E-state index contributed by atoms with van der Waals surface area (Å²) in [6.07, 6.45) is 5.51. The molecule has 1 saturated heterocycles. The van der Waals surface area contributed by atoms with Crippen LogP contribution >= 0.6 is 0 Å². The molecule has 1 fully saturated rings. The Labute approximate surface area is 150 Å². The molecule has 7 heteroatoms. The average molecular weight is 356 g/mol. The van der Waals surface area contributed by atoms with Crippen LogP contribution in [-0.2, 0) is 14.4 Å². The van der Waals surface area contributed by atoms with Gasteiger partial charge in [0, 0.05) is 11.6 Å². The number of benzene rings is 1. The highest BCUT2D eigenvalue weighted by Crippen LogP contribution is 2.29. The SMILES string of the molecule is O=C(N[C@H]1C/C=C\C[C@@H]2CC[C@@H](C(=O)O)N2C1=O)C(=O)c1ccccc1. The molecule has 2 aliphatic heterocycles. The largest absolute Gasteiger partial charge is 0.480 e. The minimum Gasteiger partial charge on any atom is -0.480 e. The zero-order chi connectivity index (χ0) is 18.7. The van der Waals surface area contributed by atoms with E-state index in [0.717, 1.165) is 0 Å². The summed E-state index contributed by atoms with van der Waals surface area (Å²) in [5, 5.41) is 11.9. The number of amides is 2. The minimum absolute atomic E-state index is 0.190. The highest BCUT2D eigenvalue weighted by Gasteiger charge is 2.43. The normalized spacial score (nSPS) is 26.4. The van der Waals surface area contributed by atoms with Crippen LogP contribution in [-0.4, -0.2) is 51.7 Å². The summed E-state index contributed by atoms with van der Waals surface area (Å²) < 4.78 is 0. The zero-order valence-corrected chi connectivity index (χ0v) is 14.1. The lowest BCUT2D eigenvalue weighted by Crippen LogP contribution is -2.55. The van der Waals surface area contributed by atoms with Gasteiger partial charge in [-0.2, -0.15) is 0 Å². The lowest BCUT2D eigenvalue weighted by molar-refractivity contribution is -0.150. The molecule has 3 atom stereocenters. The van der Waals surface area contributed by atoms with Crippen LogP contribution in [0, 0.1) is 0 Å². The number of rotatable bonds is 4. The third-order valence-electron chi connectivity index (χ3n) is 4.83. The molecule has 7 nitrogen and oxygen atoms in total. The van der Waals surface area contributed by atoms with Gasteiger partial charge < -0.3 is 15.3 Å². The number of carboxylic acid groups (broad SMARTS) is 1. The zero-order valence-electron chi connectivity index (χ0n) is 14.1. The first-order valence-corrected chi connectivity index (χ1v) is 8.59. The van der Waals surface area contributed by atoms with Crippen LogP contribution < -0.4 is 5.32 Å². The summed E-state index contributed by atoms with van der Waals surface area (Å²) in [5.41, 5.74) is 0.237. The fraction of sp³-hybridized carbons (Fsp3) is 0.368. The van der Waals surface area contributed by atoms with Crippen LogP contribution in [0.5, 0.6) is 0 Å². The van der Waals surface area contributed by atoms with E-state index in [1.54, 1.807) is 24.3 Å². The standard InChI is InChI=1S/C19H20N2O5/c22-16(12-6-2-1-3-7-12)17(23)20-14-9-5-4-8-13-10-11-15(19(25)26)21(13)18(14)24/h1-7,13-15H,8-11H2,(H,20,23)(H,25,26)/b5-4-/t13-,14+,15+/m1/s1. The molecule has 1 aromatic carbocycles. The molecule has 0 aliphatic carbocycles. The van der Waals surface area contributed by atoms with E-state index in [2.05, 4.69) is 5.32 Å². The van der Waals surface area contributed by atoms with E-state index in [1.807, 2.05) is 6.08 Å². The molecule has 0 unspecified atom stereocenters. The van der Waals surface area contributed by atoms with Crippen molar-refractivity contribution in [2.24, 2.45) is 0 Å². The minimum atomic E-state index is -1.05. The Bertz CT molecular complexity index is 758. The lowest BCUT2D eigenvalue weighted by Gasteiger charge is -2.32. The van der Waals surface area contributed by atoms with E-state index in [-0.39, 0.29) is 18.0 Å². The molecule has 2 N–H and O–H groups in total. The van der Waals surface area contributed by atoms with Crippen LogP contribution in [0.1, 0.15) is 36.0 Å². The Balaban J connectivity index is 1.78. The molecule has 1 aromatic rings. The number of hydrogen-bond donors (Lipinski definition) is 2. The lowest BCUT2D eigenvalue weighted by atomic mass is 10.0. The van der Waals surface area contributed by atoms with Gasteiger partial charge in [0.15, 0.2) is 0 Å². The molecule has 136 valence electrons. The molecule has 0 radical (unpaired) electrons. The van der Waals surface area contributed by atoms with Gasteiger partial charge in [-0.25, -0.2) is 4.79 Å². The second-order valence-electron chi connectivity index (χ2n) is 6.49. The summed E-state index contributed by atoms with van der Waals surface area (Å²) in [6.45, 7) is 0. The van der Waals surface area contributed by atoms with Crippen molar-refractivity contribution in [1.29, 1.82) is 0 Å². The van der Waals surface area contributed by atoms with Gasteiger partial charge in [-0.3, -0.25) is 14.4 Å². The first kappa shape index (κ1) is 17.8. The van der Waals surface area contributed by atoms with Gasteiger partial charge in [-0.1, -0.05) is 42.5 Å². The summed E-state index contributed by atoms with van der Waals surface area (Å²) in [4.78, 5) is 50.2. The molecular formula is C19H20N2O5. The van der Waals surface area contributed by atoms with Crippen LogP contribution in [0.15, 0.2) is 42.5 Å². The van der Waals surface area contributed by atoms with E-state index in [9.17, 15) is 24.3 Å². The quantitative estimate of drug-likeness (QED) is 0.478. The maximum Gasteiger partial charge on any atom is 0.326 e. The van der Waals surface area contributed by atoms with Gasteiger partial charge in [0.25, 0.3) is 5.91 Å². The molecule has 2 heterocycles. The van der Waals surface area contributed by atoms with Crippen LogP contribution in [0.2, 0.25) is 0 Å². The second kappa shape index (κ2) is 7.51. The van der Waals surface area contributed by atoms with Crippen molar-refractivity contribution in [2.75, 3.05) is 0 Å². The summed E-state index contributed by atoms with van der Waals surface area (Å²) in [5.74, 6) is -3.09. The third-order valence-corrected chi connectivity index (χ3v) is 4.83. The molecular weight excluding hydrogens is 336 g/mol. The predicted molar refractivity (Wildman–Crippen MR) is 92.4 cm³/mol. The van der Waals surface area contributed by atoms with Gasteiger partial charge in [0.2, 0.25) is 11.7 Å². The number of ketones is 1. The van der Waals surface area contributed by atoms with Crippen LogP contribution in [0.4, 0.5) is 0 Å². The number of carboxylic acids is 1. The van der Waals surface area contributed by atoms with Crippen LogP contribution in [0.25, 0.3) is 0 Å². The molecule has 2 amide bonds. The van der Waals surface area contributed by atoms with Crippen LogP contribution in [0.3, 0.4) is 0 Å². The van der Waals surface area contributed by atoms with Gasteiger partial charge in [-0.05, 0) is 25.7 Å². The Kier molecular flexibility index (Phi) is 5.16. The van der Waals surface area contributed by atoms with E-state index < -0.39 is 35.7 Å². The van der Waals surface area contributed by atoms with Gasteiger partial charge in [-0.15, -0.1) is 0 Å². The number of aliphatic carboxylic acids is 1. The average Bonchev–Trinajstić information content (AvgIpc) is 3.06. The first-order chi connectivity index (χ1) is 12.5. The van der Waals surface area contributed by atoms with Crippen molar-refractivity contribution in [1.82, 2.24) is 10.2 Å². The summed E-state index contributed by atoms with van der Waals surface area (Å²) in [6, 6.07) is 6.06.